The molecule has 3 nitrogen and oxygen atoms in total. The van der Waals surface area contributed by atoms with E-state index in [1.54, 1.807) is 0 Å². The first-order chi connectivity index (χ1) is 9.19. The Hall–Kier alpha value is -1.61. The van der Waals surface area contributed by atoms with E-state index in [4.69, 9.17) is 10.7 Å². The molecule has 1 aromatic heterocycles. The molecule has 2 heterocycles. The third-order valence-corrected chi connectivity index (χ3v) is 4.07. The van der Waals surface area contributed by atoms with E-state index in [0.29, 0.717) is 6.04 Å². The monoisotopic (exact) mass is 255 g/mol. The Morgan fingerprint density at radius 3 is 2.74 bits per heavy atom. The zero-order chi connectivity index (χ0) is 13.4. The largest absolute Gasteiger partial charge is 0.328 e. The number of hydrogen-bond donors (Lipinski definition) is 1. The van der Waals surface area contributed by atoms with Crippen LogP contribution in [0.2, 0.25) is 0 Å². The van der Waals surface area contributed by atoms with Gasteiger partial charge in [-0.2, -0.15) is 0 Å². The van der Waals surface area contributed by atoms with Gasteiger partial charge in [-0.15, -0.1) is 0 Å². The van der Waals surface area contributed by atoms with Gasteiger partial charge in [-0.05, 0) is 25.3 Å². The second-order valence-corrected chi connectivity index (χ2v) is 5.42. The van der Waals surface area contributed by atoms with E-state index in [1.807, 2.05) is 0 Å². The molecule has 1 aliphatic rings. The van der Waals surface area contributed by atoms with Crippen LogP contribution in [0.3, 0.4) is 0 Å². The van der Waals surface area contributed by atoms with Crippen molar-refractivity contribution in [2.24, 2.45) is 5.73 Å². The average molecular weight is 255 g/mol. The number of nitrogens with two attached hydrogens (primary N) is 1. The second kappa shape index (κ2) is 4.82. The number of fused-ring (bicyclic) bond motifs is 1. The fourth-order valence-electron chi connectivity index (χ4n) is 2.86. The molecular weight excluding hydrogens is 234 g/mol. The topological polar surface area (TPSA) is 43.8 Å². The maximum Gasteiger partial charge on any atom is 0.140 e. The van der Waals surface area contributed by atoms with Crippen LogP contribution in [0.25, 0.3) is 11.4 Å². The van der Waals surface area contributed by atoms with E-state index >= 15 is 0 Å². The van der Waals surface area contributed by atoms with E-state index < -0.39 is 0 Å². The van der Waals surface area contributed by atoms with Crippen LogP contribution >= 0.6 is 0 Å². The molecule has 1 aliphatic heterocycles. The van der Waals surface area contributed by atoms with Crippen molar-refractivity contribution in [1.82, 2.24) is 9.55 Å². The molecule has 3 rings (SSSR count). The van der Waals surface area contributed by atoms with Gasteiger partial charge in [-0.25, -0.2) is 4.98 Å². The number of aromatic nitrogens is 2. The van der Waals surface area contributed by atoms with Crippen LogP contribution in [-0.4, -0.2) is 15.6 Å². The Morgan fingerprint density at radius 1 is 1.32 bits per heavy atom. The minimum atomic E-state index is 0.290. The summed E-state index contributed by atoms with van der Waals surface area (Å²) in [7, 11) is 0. The highest BCUT2D eigenvalue weighted by atomic mass is 15.1. The SMILES string of the molecule is CCc1ccc(-c2nc(C)c3n2CCC(N)C3)cc1. The van der Waals surface area contributed by atoms with E-state index in [9.17, 15) is 0 Å². The molecule has 0 spiro atoms. The summed E-state index contributed by atoms with van der Waals surface area (Å²) in [5.41, 5.74) is 11.1. The van der Waals surface area contributed by atoms with Crippen LogP contribution in [0.5, 0.6) is 0 Å². The fourth-order valence-corrected chi connectivity index (χ4v) is 2.86. The summed E-state index contributed by atoms with van der Waals surface area (Å²) in [6.45, 7) is 5.26. The van der Waals surface area contributed by atoms with E-state index in [1.165, 1.54) is 16.8 Å². The van der Waals surface area contributed by atoms with Gasteiger partial charge in [-0.3, -0.25) is 0 Å². The predicted molar refractivity (Wildman–Crippen MR) is 78.1 cm³/mol. The Balaban J connectivity index is 2.03. The number of rotatable bonds is 2. The highest BCUT2D eigenvalue weighted by molar-refractivity contribution is 5.57. The molecule has 0 aliphatic carbocycles. The Bertz CT molecular complexity index is 581. The maximum atomic E-state index is 6.06. The summed E-state index contributed by atoms with van der Waals surface area (Å²) in [6.07, 6.45) is 3.07. The van der Waals surface area contributed by atoms with Crippen molar-refractivity contribution in [1.29, 1.82) is 0 Å². The summed E-state index contributed by atoms with van der Waals surface area (Å²) in [6, 6.07) is 9.05. The molecule has 0 amide bonds. The van der Waals surface area contributed by atoms with Crippen molar-refractivity contribution >= 4 is 0 Å². The van der Waals surface area contributed by atoms with E-state index in [-0.39, 0.29) is 0 Å². The molecule has 1 atom stereocenters. The molecule has 2 N–H and O–H groups in total. The van der Waals surface area contributed by atoms with Gasteiger partial charge in [-0.1, -0.05) is 31.2 Å². The molecule has 0 saturated heterocycles. The quantitative estimate of drug-likeness (QED) is 0.896. The molecule has 19 heavy (non-hydrogen) atoms. The minimum Gasteiger partial charge on any atom is -0.328 e. The second-order valence-electron chi connectivity index (χ2n) is 5.42. The van der Waals surface area contributed by atoms with Crippen molar-refractivity contribution in [2.75, 3.05) is 0 Å². The van der Waals surface area contributed by atoms with E-state index in [0.717, 1.165) is 37.3 Å². The van der Waals surface area contributed by atoms with Crippen LogP contribution in [0.4, 0.5) is 0 Å². The highest BCUT2D eigenvalue weighted by Crippen LogP contribution is 2.27. The smallest absolute Gasteiger partial charge is 0.140 e. The molecule has 100 valence electrons. The van der Waals surface area contributed by atoms with E-state index in [2.05, 4.69) is 42.7 Å². The summed E-state index contributed by atoms with van der Waals surface area (Å²) >= 11 is 0. The standard InChI is InChI=1S/C16H21N3/c1-3-12-4-6-13(7-5-12)16-18-11(2)15-10-14(17)8-9-19(15)16/h4-7,14H,3,8-10,17H2,1-2H3. The summed E-state index contributed by atoms with van der Waals surface area (Å²) < 4.78 is 2.35. The Labute approximate surface area is 114 Å². The average Bonchev–Trinajstić information content (AvgIpc) is 2.76. The number of aryl methyl sites for hydroxylation is 2. The van der Waals surface area contributed by atoms with Crippen molar-refractivity contribution < 1.29 is 0 Å². The van der Waals surface area contributed by atoms with Crippen LogP contribution in [0.1, 0.15) is 30.3 Å². The first-order valence-corrected chi connectivity index (χ1v) is 7.10. The third kappa shape index (κ3) is 2.19. The lowest BCUT2D eigenvalue weighted by Crippen LogP contribution is -2.31. The van der Waals surface area contributed by atoms with Gasteiger partial charge < -0.3 is 10.3 Å². The first-order valence-electron chi connectivity index (χ1n) is 7.10. The van der Waals surface area contributed by atoms with Gasteiger partial charge >= 0.3 is 0 Å². The lowest BCUT2D eigenvalue weighted by Gasteiger charge is -2.22. The Kier molecular flexibility index (Phi) is 3.15. The number of hydrogen-bond acceptors (Lipinski definition) is 2. The zero-order valence-corrected chi connectivity index (χ0v) is 11.7. The van der Waals surface area contributed by atoms with Crippen LogP contribution < -0.4 is 5.73 Å². The van der Waals surface area contributed by atoms with Gasteiger partial charge in [0.25, 0.3) is 0 Å². The van der Waals surface area contributed by atoms with Crippen molar-refractivity contribution in [3.63, 3.8) is 0 Å². The minimum absolute atomic E-state index is 0.290. The Morgan fingerprint density at radius 2 is 2.05 bits per heavy atom. The van der Waals surface area contributed by atoms with Crippen molar-refractivity contribution in [3.8, 4) is 11.4 Å². The highest BCUT2D eigenvalue weighted by Gasteiger charge is 2.22. The van der Waals surface area contributed by atoms with Crippen LogP contribution in [-0.2, 0) is 19.4 Å². The summed E-state index contributed by atoms with van der Waals surface area (Å²) in [5, 5.41) is 0. The van der Waals surface area contributed by atoms with Crippen molar-refractivity contribution in [2.45, 2.75) is 45.7 Å². The van der Waals surface area contributed by atoms with Crippen molar-refractivity contribution in [3.05, 3.63) is 41.2 Å². The molecule has 0 bridgehead atoms. The molecule has 3 heteroatoms. The van der Waals surface area contributed by atoms with Gasteiger partial charge in [0.15, 0.2) is 0 Å². The lowest BCUT2D eigenvalue weighted by atomic mass is 10.0. The summed E-state index contributed by atoms with van der Waals surface area (Å²) in [5.74, 6) is 1.10. The van der Waals surface area contributed by atoms with Crippen LogP contribution in [0, 0.1) is 6.92 Å². The number of imidazole rings is 1. The molecule has 0 saturated carbocycles. The maximum absolute atomic E-state index is 6.06. The molecule has 2 aromatic rings. The van der Waals surface area contributed by atoms with Gasteiger partial charge in [0, 0.05) is 30.3 Å². The molecule has 0 radical (unpaired) electrons. The molecular formula is C16H21N3. The normalized spacial score (nSPS) is 18.4. The molecule has 1 aromatic carbocycles. The third-order valence-electron chi connectivity index (χ3n) is 4.07. The first kappa shape index (κ1) is 12.4. The summed E-state index contributed by atoms with van der Waals surface area (Å²) in [4.78, 5) is 4.76. The van der Waals surface area contributed by atoms with Crippen LogP contribution in [0.15, 0.2) is 24.3 Å². The van der Waals surface area contributed by atoms with Gasteiger partial charge in [0.2, 0.25) is 0 Å². The fraction of sp³-hybridized carbons (Fsp3) is 0.438. The molecule has 0 fully saturated rings. The number of nitrogens with zero attached hydrogens (tertiary/aromatic N) is 2. The van der Waals surface area contributed by atoms with Gasteiger partial charge in [0.1, 0.15) is 5.82 Å². The zero-order valence-electron chi connectivity index (χ0n) is 11.7. The predicted octanol–water partition coefficient (Wildman–Crippen LogP) is 2.69. The lowest BCUT2D eigenvalue weighted by molar-refractivity contribution is 0.473. The van der Waals surface area contributed by atoms with Gasteiger partial charge in [0.05, 0.1) is 5.69 Å². The molecule has 1 unspecified atom stereocenters. The number of benzene rings is 1.